The molecule has 1 aromatic heterocycles. The van der Waals surface area contributed by atoms with Crippen LogP contribution in [0.15, 0.2) is 66.3 Å². The molecule has 2 N–H and O–H groups in total. The monoisotopic (exact) mass is 475 g/mol. The van der Waals surface area contributed by atoms with Gasteiger partial charge in [-0.1, -0.05) is 47.1 Å². The lowest BCUT2D eigenvalue weighted by molar-refractivity contribution is -0.113. The summed E-state index contributed by atoms with van der Waals surface area (Å²) in [5.41, 5.74) is 1.11. The van der Waals surface area contributed by atoms with Crippen molar-refractivity contribution in [2.24, 2.45) is 0 Å². The van der Waals surface area contributed by atoms with E-state index in [9.17, 15) is 9.59 Å². The quantitative estimate of drug-likeness (QED) is 0.352. The van der Waals surface area contributed by atoms with Crippen LogP contribution < -0.4 is 10.6 Å². The fourth-order valence-electron chi connectivity index (χ4n) is 2.63. The number of rotatable bonds is 9. The number of halogens is 2. The molecule has 2 amide bonds. The Hall–Kier alpha value is -2.81. The number of allylic oxidation sites excluding steroid dienone is 1. The van der Waals surface area contributed by atoms with Gasteiger partial charge in [-0.25, -0.2) is 0 Å². The number of amides is 2. The average Bonchev–Trinajstić information content (AvgIpc) is 3.13. The Bertz CT molecular complexity index is 1090. The molecule has 0 spiro atoms. The Morgan fingerprint density at radius 3 is 2.58 bits per heavy atom. The van der Waals surface area contributed by atoms with E-state index in [1.165, 1.54) is 11.8 Å². The molecule has 31 heavy (non-hydrogen) atoms. The fourth-order valence-corrected chi connectivity index (χ4v) is 3.71. The van der Waals surface area contributed by atoms with Gasteiger partial charge in [-0.15, -0.1) is 16.8 Å². The summed E-state index contributed by atoms with van der Waals surface area (Å²) >= 11 is 13.0. The molecule has 0 aliphatic carbocycles. The molecule has 0 atom stereocenters. The van der Waals surface area contributed by atoms with Crippen LogP contribution in [-0.4, -0.2) is 32.3 Å². The molecule has 0 saturated heterocycles. The molecular weight excluding hydrogens is 457 g/mol. The Labute approximate surface area is 193 Å². The first-order valence-electron chi connectivity index (χ1n) is 9.21. The SMILES string of the molecule is C=CCn1c(CNC(=O)c2ccc(Cl)cc2)nnc1SCC(=O)Nc1cccc(Cl)c1. The van der Waals surface area contributed by atoms with E-state index in [4.69, 9.17) is 23.2 Å². The summed E-state index contributed by atoms with van der Waals surface area (Å²) in [6.07, 6.45) is 1.70. The largest absolute Gasteiger partial charge is 0.345 e. The number of carbonyl (C=O) groups is 2. The predicted octanol–water partition coefficient (Wildman–Crippen LogP) is 4.43. The number of aromatic nitrogens is 3. The summed E-state index contributed by atoms with van der Waals surface area (Å²) < 4.78 is 1.80. The molecule has 0 unspecified atom stereocenters. The summed E-state index contributed by atoms with van der Waals surface area (Å²) in [4.78, 5) is 24.6. The highest BCUT2D eigenvalue weighted by Gasteiger charge is 2.15. The van der Waals surface area contributed by atoms with E-state index in [-0.39, 0.29) is 24.1 Å². The van der Waals surface area contributed by atoms with Gasteiger partial charge >= 0.3 is 0 Å². The molecule has 0 bridgehead atoms. The van der Waals surface area contributed by atoms with Crippen LogP contribution in [0, 0.1) is 0 Å². The number of thioether (sulfide) groups is 1. The molecule has 3 aromatic rings. The van der Waals surface area contributed by atoms with Crippen molar-refractivity contribution in [3.05, 3.63) is 82.6 Å². The average molecular weight is 476 g/mol. The summed E-state index contributed by atoms with van der Waals surface area (Å²) in [6, 6.07) is 13.5. The highest BCUT2D eigenvalue weighted by Crippen LogP contribution is 2.19. The highest BCUT2D eigenvalue weighted by molar-refractivity contribution is 7.99. The molecule has 0 saturated carbocycles. The van der Waals surface area contributed by atoms with Crippen molar-refractivity contribution in [3.63, 3.8) is 0 Å². The minimum absolute atomic E-state index is 0.138. The maximum atomic E-state index is 12.3. The van der Waals surface area contributed by atoms with Crippen molar-refractivity contribution in [1.82, 2.24) is 20.1 Å². The lowest BCUT2D eigenvalue weighted by Crippen LogP contribution is -2.24. The topological polar surface area (TPSA) is 88.9 Å². The molecule has 0 aliphatic rings. The van der Waals surface area contributed by atoms with Gasteiger partial charge in [0.25, 0.3) is 5.91 Å². The minimum Gasteiger partial charge on any atom is -0.345 e. The zero-order valence-electron chi connectivity index (χ0n) is 16.3. The van der Waals surface area contributed by atoms with Gasteiger partial charge in [0, 0.05) is 27.8 Å². The van der Waals surface area contributed by atoms with Crippen LogP contribution in [-0.2, 0) is 17.9 Å². The normalized spacial score (nSPS) is 10.5. The van der Waals surface area contributed by atoms with Crippen molar-refractivity contribution in [1.29, 1.82) is 0 Å². The molecule has 0 radical (unpaired) electrons. The molecule has 1 heterocycles. The first-order valence-corrected chi connectivity index (χ1v) is 11.0. The Balaban J connectivity index is 1.60. The maximum Gasteiger partial charge on any atom is 0.251 e. The van der Waals surface area contributed by atoms with Crippen LogP contribution in [0.1, 0.15) is 16.2 Å². The van der Waals surface area contributed by atoms with Gasteiger partial charge in [0.1, 0.15) is 0 Å². The lowest BCUT2D eigenvalue weighted by atomic mass is 10.2. The van der Waals surface area contributed by atoms with Gasteiger partial charge in [0.15, 0.2) is 11.0 Å². The van der Waals surface area contributed by atoms with E-state index in [2.05, 4.69) is 27.4 Å². The number of carbonyl (C=O) groups excluding carboxylic acids is 2. The van der Waals surface area contributed by atoms with Crippen LogP contribution in [0.2, 0.25) is 10.0 Å². The molecular formula is C21H19Cl2N5O2S. The molecule has 0 fully saturated rings. The van der Waals surface area contributed by atoms with Crippen LogP contribution in [0.25, 0.3) is 0 Å². The second-order valence-electron chi connectivity index (χ2n) is 6.33. The van der Waals surface area contributed by atoms with Gasteiger partial charge in [-0.3, -0.25) is 9.59 Å². The Kier molecular flexibility index (Phi) is 8.11. The van der Waals surface area contributed by atoms with Crippen molar-refractivity contribution in [2.45, 2.75) is 18.2 Å². The van der Waals surface area contributed by atoms with Crippen molar-refractivity contribution in [3.8, 4) is 0 Å². The number of anilines is 1. The summed E-state index contributed by atoms with van der Waals surface area (Å²) in [5.74, 6) is 0.247. The maximum absolute atomic E-state index is 12.3. The van der Waals surface area contributed by atoms with E-state index in [1.54, 1.807) is 59.2 Å². The molecule has 160 valence electrons. The Morgan fingerprint density at radius 2 is 1.87 bits per heavy atom. The predicted molar refractivity (Wildman–Crippen MR) is 124 cm³/mol. The lowest BCUT2D eigenvalue weighted by Gasteiger charge is -2.09. The zero-order valence-corrected chi connectivity index (χ0v) is 18.7. The first kappa shape index (κ1) is 22.9. The van der Waals surface area contributed by atoms with Crippen LogP contribution >= 0.6 is 35.0 Å². The van der Waals surface area contributed by atoms with E-state index in [0.29, 0.717) is 38.8 Å². The third kappa shape index (κ3) is 6.58. The van der Waals surface area contributed by atoms with Crippen molar-refractivity contribution in [2.75, 3.05) is 11.1 Å². The van der Waals surface area contributed by atoms with E-state index < -0.39 is 0 Å². The summed E-state index contributed by atoms with van der Waals surface area (Å²) in [6.45, 7) is 4.37. The summed E-state index contributed by atoms with van der Waals surface area (Å²) in [5, 5.41) is 15.5. The molecule has 10 heteroatoms. The van der Waals surface area contributed by atoms with Crippen LogP contribution in [0.3, 0.4) is 0 Å². The van der Waals surface area contributed by atoms with E-state index in [1.807, 2.05) is 0 Å². The number of nitrogens with one attached hydrogen (secondary N) is 2. The second kappa shape index (κ2) is 11.0. The molecule has 0 aliphatic heterocycles. The molecule has 3 rings (SSSR count). The van der Waals surface area contributed by atoms with Crippen molar-refractivity contribution < 1.29 is 9.59 Å². The molecule has 2 aromatic carbocycles. The van der Waals surface area contributed by atoms with Gasteiger partial charge in [0.2, 0.25) is 5.91 Å². The van der Waals surface area contributed by atoms with Crippen molar-refractivity contribution >= 4 is 52.5 Å². The van der Waals surface area contributed by atoms with Gasteiger partial charge in [0.05, 0.1) is 12.3 Å². The van der Waals surface area contributed by atoms with Gasteiger partial charge in [-0.2, -0.15) is 0 Å². The second-order valence-corrected chi connectivity index (χ2v) is 8.15. The number of hydrogen-bond acceptors (Lipinski definition) is 5. The Morgan fingerprint density at radius 1 is 1.10 bits per heavy atom. The standard InChI is InChI=1S/C21H19Cl2N5O2S/c1-2-10-28-18(12-24-20(30)14-6-8-15(22)9-7-14)26-27-21(28)31-13-19(29)25-17-5-3-4-16(23)11-17/h2-9,11H,1,10,12-13H2,(H,24,30)(H,25,29). The highest BCUT2D eigenvalue weighted by atomic mass is 35.5. The fraction of sp³-hybridized carbons (Fsp3) is 0.143. The number of benzene rings is 2. The number of nitrogens with zero attached hydrogens (tertiary/aromatic N) is 3. The molecule has 7 nitrogen and oxygen atoms in total. The van der Waals surface area contributed by atoms with E-state index in [0.717, 1.165) is 0 Å². The third-order valence-corrected chi connectivity index (χ3v) is 5.51. The van der Waals surface area contributed by atoms with Gasteiger partial charge in [-0.05, 0) is 42.5 Å². The van der Waals surface area contributed by atoms with Crippen LogP contribution in [0.5, 0.6) is 0 Å². The summed E-state index contributed by atoms with van der Waals surface area (Å²) in [7, 11) is 0. The smallest absolute Gasteiger partial charge is 0.251 e. The van der Waals surface area contributed by atoms with E-state index >= 15 is 0 Å². The first-order chi connectivity index (χ1) is 15.0. The van der Waals surface area contributed by atoms with Gasteiger partial charge < -0.3 is 15.2 Å². The van der Waals surface area contributed by atoms with Crippen LogP contribution in [0.4, 0.5) is 5.69 Å². The third-order valence-electron chi connectivity index (χ3n) is 4.06. The number of hydrogen-bond donors (Lipinski definition) is 2. The zero-order chi connectivity index (χ0) is 22.2. The minimum atomic E-state index is -0.250.